The van der Waals surface area contributed by atoms with Crippen LogP contribution < -0.4 is 5.32 Å². The van der Waals surface area contributed by atoms with Gasteiger partial charge in [-0.2, -0.15) is 0 Å². The molecule has 0 aliphatic heterocycles. The standard InChI is InChI=1S/C12H22N2O5/c1-8(2)11(14(3)7-10(16)19-5)12(17)13-6-9(15)18-4/h8,11H,6-7H2,1-5H3,(H,13,17). The lowest BCUT2D eigenvalue weighted by atomic mass is 10.0. The molecule has 1 atom stereocenters. The summed E-state index contributed by atoms with van der Waals surface area (Å²) in [5.41, 5.74) is 0. The van der Waals surface area contributed by atoms with E-state index in [0.29, 0.717) is 0 Å². The highest BCUT2D eigenvalue weighted by atomic mass is 16.5. The summed E-state index contributed by atoms with van der Waals surface area (Å²) in [6.45, 7) is 3.53. The second-order valence-electron chi connectivity index (χ2n) is 4.47. The van der Waals surface area contributed by atoms with E-state index < -0.39 is 18.0 Å². The molecule has 0 aliphatic rings. The minimum absolute atomic E-state index is 0.00495. The van der Waals surface area contributed by atoms with Crippen LogP contribution >= 0.6 is 0 Å². The average Bonchev–Trinajstić information content (AvgIpc) is 2.35. The predicted molar refractivity (Wildman–Crippen MR) is 68.3 cm³/mol. The molecule has 7 nitrogen and oxygen atoms in total. The van der Waals surface area contributed by atoms with Crippen LogP contribution in [0.15, 0.2) is 0 Å². The molecule has 0 rings (SSSR count). The van der Waals surface area contributed by atoms with Gasteiger partial charge in [-0.3, -0.25) is 19.3 Å². The largest absolute Gasteiger partial charge is 0.468 e. The molecular formula is C12H22N2O5. The van der Waals surface area contributed by atoms with Crippen LogP contribution in [-0.4, -0.2) is 63.1 Å². The number of ether oxygens (including phenoxy) is 2. The fourth-order valence-electron chi connectivity index (χ4n) is 1.71. The summed E-state index contributed by atoms with van der Waals surface area (Å²) in [6.07, 6.45) is 0. The Bertz CT molecular complexity index is 330. The quantitative estimate of drug-likeness (QED) is 0.624. The molecule has 110 valence electrons. The van der Waals surface area contributed by atoms with Crippen LogP contribution in [-0.2, 0) is 23.9 Å². The van der Waals surface area contributed by atoms with Gasteiger partial charge in [0.1, 0.15) is 6.54 Å². The van der Waals surface area contributed by atoms with Gasteiger partial charge in [0.05, 0.1) is 26.8 Å². The first-order chi connectivity index (χ1) is 8.83. The summed E-state index contributed by atoms with van der Waals surface area (Å²) in [4.78, 5) is 35.8. The van der Waals surface area contributed by atoms with E-state index >= 15 is 0 Å². The number of nitrogens with one attached hydrogen (secondary N) is 1. The lowest BCUT2D eigenvalue weighted by Crippen LogP contribution is -2.50. The average molecular weight is 274 g/mol. The SMILES string of the molecule is COC(=O)CNC(=O)C(C(C)C)N(C)CC(=O)OC. The van der Waals surface area contributed by atoms with Gasteiger partial charge in [0.2, 0.25) is 5.91 Å². The zero-order chi connectivity index (χ0) is 15.0. The van der Waals surface area contributed by atoms with Crippen LogP contribution in [0.4, 0.5) is 0 Å². The number of hydrogen-bond donors (Lipinski definition) is 1. The van der Waals surface area contributed by atoms with Gasteiger partial charge >= 0.3 is 11.9 Å². The Morgan fingerprint density at radius 3 is 2.05 bits per heavy atom. The van der Waals surface area contributed by atoms with Crippen LogP contribution in [0.5, 0.6) is 0 Å². The number of carbonyl (C=O) groups is 3. The van der Waals surface area contributed by atoms with E-state index in [-0.39, 0.29) is 24.9 Å². The number of likely N-dealkylation sites (N-methyl/N-ethyl adjacent to an activating group) is 1. The first kappa shape index (κ1) is 17.4. The third-order valence-corrected chi connectivity index (χ3v) is 2.62. The fourth-order valence-corrected chi connectivity index (χ4v) is 1.71. The molecule has 0 saturated carbocycles. The lowest BCUT2D eigenvalue weighted by molar-refractivity contribution is -0.145. The third kappa shape index (κ3) is 6.19. The van der Waals surface area contributed by atoms with Crippen molar-refractivity contribution in [3.63, 3.8) is 0 Å². The highest BCUT2D eigenvalue weighted by Crippen LogP contribution is 2.09. The van der Waals surface area contributed by atoms with Crippen LogP contribution in [0.3, 0.4) is 0 Å². The first-order valence-corrected chi connectivity index (χ1v) is 5.95. The van der Waals surface area contributed by atoms with Gasteiger partial charge in [-0.05, 0) is 13.0 Å². The predicted octanol–water partition coefficient (Wildman–Crippen LogP) is -0.595. The molecule has 1 amide bonds. The Morgan fingerprint density at radius 2 is 1.63 bits per heavy atom. The van der Waals surface area contributed by atoms with Gasteiger partial charge in [0.25, 0.3) is 0 Å². The molecule has 19 heavy (non-hydrogen) atoms. The zero-order valence-electron chi connectivity index (χ0n) is 12.1. The Hall–Kier alpha value is -1.63. The molecule has 0 bridgehead atoms. The molecule has 7 heteroatoms. The topological polar surface area (TPSA) is 84.9 Å². The first-order valence-electron chi connectivity index (χ1n) is 5.95. The highest BCUT2D eigenvalue weighted by molar-refractivity contribution is 5.86. The van der Waals surface area contributed by atoms with Crippen molar-refractivity contribution < 1.29 is 23.9 Å². The zero-order valence-corrected chi connectivity index (χ0v) is 12.1. The van der Waals surface area contributed by atoms with Crippen molar-refractivity contribution in [2.24, 2.45) is 5.92 Å². The molecule has 1 N–H and O–H groups in total. The second-order valence-corrected chi connectivity index (χ2v) is 4.47. The lowest BCUT2D eigenvalue weighted by Gasteiger charge is -2.28. The number of methoxy groups -OCH3 is 2. The molecule has 0 saturated heterocycles. The van der Waals surface area contributed by atoms with E-state index in [4.69, 9.17) is 0 Å². The number of esters is 2. The summed E-state index contributed by atoms with van der Waals surface area (Å²) in [7, 11) is 4.19. The maximum atomic E-state index is 12.0. The summed E-state index contributed by atoms with van der Waals surface area (Å²) in [6, 6.07) is -0.524. The normalized spacial score (nSPS) is 12.2. The van der Waals surface area contributed by atoms with E-state index in [9.17, 15) is 14.4 Å². The summed E-state index contributed by atoms with van der Waals surface area (Å²) in [5.74, 6) is -1.29. The van der Waals surface area contributed by atoms with Crippen molar-refractivity contribution >= 4 is 17.8 Å². The van der Waals surface area contributed by atoms with Gasteiger partial charge in [0, 0.05) is 0 Å². The summed E-state index contributed by atoms with van der Waals surface area (Å²) < 4.78 is 9.00. The number of amides is 1. The van der Waals surface area contributed by atoms with Crippen molar-refractivity contribution in [3.8, 4) is 0 Å². The molecule has 0 aromatic carbocycles. The van der Waals surface area contributed by atoms with Gasteiger partial charge in [-0.25, -0.2) is 0 Å². The maximum Gasteiger partial charge on any atom is 0.325 e. The van der Waals surface area contributed by atoms with Gasteiger partial charge in [-0.1, -0.05) is 13.8 Å². The van der Waals surface area contributed by atoms with Crippen LogP contribution in [0.25, 0.3) is 0 Å². The van der Waals surface area contributed by atoms with Crippen molar-refractivity contribution in [1.82, 2.24) is 10.2 Å². The Balaban J connectivity index is 4.58. The summed E-state index contributed by atoms with van der Waals surface area (Å²) in [5, 5.41) is 2.48. The van der Waals surface area contributed by atoms with Crippen molar-refractivity contribution in [2.45, 2.75) is 19.9 Å². The van der Waals surface area contributed by atoms with E-state index in [1.807, 2.05) is 13.8 Å². The molecule has 0 aliphatic carbocycles. The van der Waals surface area contributed by atoms with Crippen LogP contribution in [0.2, 0.25) is 0 Å². The second kappa shape index (κ2) is 8.47. The third-order valence-electron chi connectivity index (χ3n) is 2.62. The highest BCUT2D eigenvalue weighted by Gasteiger charge is 2.28. The van der Waals surface area contributed by atoms with Crippen molar-refractivity contribution in [3.05, 3.63) is 0 Å². The molecule has 0 radical (unpaired) electrons. The minimum Gasteiger partial charge on any atom is -0.468 e. The molecule has 0 aromatic rings. The number of rotatable bonds is 7. The Morgan fingerprint density at radius 1 is 1.11 bits per heavy atom. The smallest absolute Gasteiger partial charge is 0.325 e. The Kier molecular flexibility index (Phi) is 7.74. The number of nitrogens with zero attached hydrogens (tertiary/aromatic N) is 1. The fraction of sp³-hybridized carbons (Fsp3) is 0.750. The number of hydrogen-bond acceptors (Lipinski definition) is 6. The number of carbonyl (C=O) groups excluding carboxylic acids is 3. The maximum absolute atomic E-state index is 12.0. The van der Waals surface area contributed by atoms with Crippen LogP contribution in [0.1, 0.15) is 13.8 Å². The van der Waals surface area contributed by atoms with Gasteiger partial charge in [0.15, 0.2) is 0 Å². The van der Waals surface area contributed by atoms with E-state index in [1.165, 1.54) is 14.2 Å². The van der Waals surface area contributed by atoms with E-state index in [1.54, 1.807) is 11.9 Å². The molecule has 0 fully saturated rings. The molecule has 0 spiro atoms. The minimum atomic E-state index is -0.524. The molecule has 0 heterocycles. The van der Waals surface area contributed by atoms with Crippen molar-refractivity contribution in [2.75, 3.05) is 34.4 Å². The van der Waals surface area contributed by atoms with Gasteiger partial charge < -0.3 is 14.8 Å². The Labute approximate surface area is 113 Å². The van der Waals surface area contributed by atoms with Crippen LogP contribution in [0, 0.1) is 5.92 Å². The van der Waals surface area contributed by atoms with Gasteiger partial charge in [-0.15, -0.1) is 0 Å². The van der Waals surface area contributed by atoms with E-state index in [0.717, 1.165) is 0 Å². The van der Waals surface area contributed by atoms with Crippen molar-refractivity contribution in [1.29, 1.82) is 0 Å². The summed E-state index contributed by atoms with van der Waals surface area (Å²) >= 11 is 0. The molecule has 1 unspecified atom stereocenters. The van der Waals surface area contributed by atoms with E-state index in [2.05, 4.69) is 14.8 Å². The molecular weight excluding hydrogens is 252 g/mol. The monoisotopic (exact) mass is 274 g/mol. The molecule has 0 aromatic heterocycles.